The van der Waals surface area contributed by atoms with Crippen molar-refractivity contribution in [1.82, 2.24) is 9.88 Å². The lowest BCUT2D eigenvalue weighted by atomic mass is 10.0. The first-order chi connectivity index (χ1) is 10.7. The topological polar surface area (TPSA) is 36.4 Å². The molecule has 0 spiro atoms. The number of thiazole rings is 1. The van der Waals surface area contributed by atoms with Gasteiger partial charge in [0.2, 0.25) is 5.91 Å². The fraction of sp³-hybridized carbons (Fsp3) is 0.529. The molecule has 1 amide bonds. The molecular formula is C17H21N3OS. The zero-order valence-electron chi connectivity index (χ0n) is 12.9. The van der Waals surface area contributed by atoms with E-state index in [4.69, 9.17) is 4.98 Å². The van der Waals surface area contributed by atoms with Crippen molar-refractivity contribution in [2.75, 3.05) is 18.0 Å². The number of rotatable bonds is 2. The minimum Gasteiger partial charge on any atom is -0.343 e. The number of aromatic nitrogens is 1. The summed E-state index contributed by atoms with van der Waals surface area (Å²) < 4.78 is 1.25. The number of nitrogens with zero attached hydrogens (tertiary/aromatic N) is 3. The summed E-state index contributed by atoms with van der Waals surface area (Å²) in [6.07, 6.45) is 4.63. The number of benzene rings is 1. The van der Waals surface area contributed by atoms with E-state index in [1.54, 1.807) is 18.3 Å². The molecule has 0 bridgehead atoms. The Morgan fingerprint density at radius 2 is 1.95 bits per heavy atom. The van der Waals surface area contributed by atoms with Crippen molar-refractivity contribution in [3.8, 4) is 0 Å². The van der Waals surface area contributed by atoms with Gasteiger partial charge in [-0.25, -0.2) is 4.98 Å². The van der Waals surface area contributed by atoms with Crippen LogP contribution in [-0.2, 0) is 4.79 Å². The Hall–Kier alpha value is -1.62. The molecule has 1 aromatic carbocycles. The molecule has 22 heavy (non-hydrogen) atoms. The normalized spacial score (nSPS) is 25.3. The van der Waals surface area contributed by atoms with Crippen molar-refractivity contribution in [3.05, 3.63) is 24.3 Å². The maximum Gasteiger partial charge on any atom is 0.219 e. The Morgan fingerprint density at radius 3 is 2.77 bits per heavy atom. The third-order valence-electron chi connectivity index (χ3n) is 4.98. The zero-order valence-corrected chi connectivity index (χ0v) is 13.7. The molecule has 0 aliphatic carbocycles. The van der Waals surface area contributed by atoms with E-state index in [2.05, 4.69) is 28.0 Å². The maximum atomic E-state index is 11.9. The van der Waals surface area contributed by atoms with E-state index in [1.165, 1.54) is 17.5 Å². The predicted octanol–water partition coefficient (Wildman–Crippen LogP) is 3.28. The second kappa shape index (κ2) is 5.54. The first kappa shape index (κ1) is 14.0. The zero-order chi connectivity index (χ0) is 15.1. The van der Waals surface area contributed by atoms with Crippen molar-refractivity contribution in [2.24, 2.45) is 0 Å². The van der Waals surface area contributed by atoms with Crippen LogP contribution in [-0.4, -0.2) is 41.0 Å². The molecule has 5 heteroatoms. The smallest absolute Gasteiger partial charge is 0.219 e. The molecule has 2 aliphatic rings. The number of hydrogen-bond donors (Lipinski definition) is 0. The molecule has 2 aliphatic heterocycles. The van der Waals surface area contributed by atoms with Gasteiger partial charge in [0, 0.05) is 20.0 Å². The molecule has 2 fully saturated rings. The van der Waals surface area contributed by atoms with Crippen molar-refractivity contribution in [2.45, 2.75) is 44.7 Å². The number of fused-ring (bicyclic) bond motifs is 1. The summed E-state index contributed by atoms with van der Waals surface area (Å²) in [7, 11) is 0. The average molecular weight is 315 g/mol. The molecular weight excluding hydrogens is 294 g/mol. The molecule has 0 N–H and O–H groups in total. The van der Waals surface area contributed by atoms with E-state index in [1.807, 2.05) is 6.07 Å². The quantitative estimate of drug-likeness (QED) is 0.853. The van der Waals surface area contributed by atoms with E-state index in [-0.39, 0.29) is 5.91 Å². The van der Waals surface area contributed by atoms with Gasteiger partial charge in [-0.15, -0.1) is 0 Å². The number of carbonyl (C=O) groups is 1. The van der Waals surface area contributed by atoms with Crippen LogP contribution in [0.2, 0.25) is 0 Å². The number of anilines is 1. The standard InChI is InChI=1S/C17H21N3OS/c1-12(21)19-10-4-7-14(19)15-8-5-11-20(15)17-18-13-6-2-3-9-16(13)22-17/h2-3,6,9,14-15H,4-5,7-8,10-11H2,1H3/t14-,15+/m1/s1. The highest BCUT2D eigenvalue weighted by Crippen LogP contribution is 2.37. The van der Waals surface area contributed by atoms with Gasteiger partial charge in [-0.2, -0.15) is 0 Å². The van der Waals surface area contributed by atoms with E-state index < -0.39 is 0 Å². The molecule has 0 unspecified atom stereocenters. The molecule has 2 saturated heterocycles. The van der Waals surface area contributed by atoms with Crippen LogP contribution in [0.25, 0.3) is 10.2 Å². The van der Waals surface area contributed by atoms with Crippen molar-refractivity contribution >= 4 is 32.6 Å². The second-order valence-electron chi connectivity index (χ2n) is 6.29. The summed E-state index contributed by atoms with van der Waals surface area (Å²) in [6, 6.07) is 9.14. The first-order valence-corrected chi connectivity index (χ1v) is 8.95. The van der Waals surface area contributed by atoms with Crippen LogP contribution in [0.15, 0.2) is 24.3 Å². The van der Waals surface area contributed by atoms with Gasteiger partial charge in [-0.1, -0.05) is 23.5 Å². The Labute approximate surface area is 134 Å². The Morgan fingerprint density at radius 1 is 1.18 bits per heavy atom. The molecule has 4 rings (SSSR count). The molecule has 4 nitrogen and oxygen atoms in total. The highest BCUT2D eigenvalue weighted by molar-refractivity contribution is 7.22. The molecule has 116 valence electrons. The number of carbonyl (C=O) groups excluding carboxylic acids is 1. The van der Waals surface area contributed by atoms with Gasteiger partial charge in [0.05, 0.1) is 22.3 Å². The monoisotopic (exact) mass is 315 g/mol. The van der Waals surface area contributed by atoms with Crippen molar-refractivity contribution in [1.29, 1.82) is 0 Å². The molecule has 0 radical (unpaired) electrons. The average Bonchev–Trinajstić information content (AvgIpc) is 3.24. The lowest BCUT2D eigenvalue weighted by molar-refractivity contribution is -0.129. The Balaban J connectivity index is 1.64. The van der Waals surface area contributed by atoms with Gasteiger partial charge < -0.3 is 9.80 Å². The third-order valence-corrected chi connectivity index (χ3v) is 6.05. The Bertz CT molecular complexity index is 665. The summed E-state index contributed by atoms with van der Waals surface area (Å²) in [5.74, 6) is 0.221. The number of amides is 1. The lowest BCUT2D eigenvalue weighted by Crippen LogP contribution is -2.47. The van der Waals surface area contributed by atoms with E-state index >= 15 is 0 Å². The van der Waals surface area contributed by atoms with Crippen LogP contribution < -0.4 is 4.90 Å². The lowest BCUT2D eigenvalue weighted by Gasteiger charge is -2.34. The molecule has 3 heterocycles. The predicted molar refractivity (Wildman–Crippen MR) is 90.4 cm³/mol. The summed E-state index contributed by atoms with van der Waals surface area (Å²) in [5.41, 5.74) is 1.09. The van der Waals surface area contributed by atoms with E-state index in [0.29, 0.717) is 12.1 Å². The van der Waals surface area contributed by atoms with Gasteiger partial charge in [0.1, 0.15) is 0 Å². The van der Waals surface area contributed by atoms with Gasteiger partial charge in [-0.05, 0) is 37.8 Å². The first-order valence-electron chi connectivity index (χ1n) is 8.13. The van der Waals surface area contributed by atoms with E-state index in [0.717, 1.165) is 36.6 Å². The van der Waals surface area contributed by atoms with Crippen molar-refractivity contribution in [3.63, 3.8) is 0 Å². The highest BCUT2D eigenvalue weighted by Gasteiger charge is 2.39. The third kappa shape index (κ3) is 2.28. The number of para-hydroxylation sites is 1. The second-order valence-corrected chi connectivity index (χ2v) is 7.30. The van der Waals surface area contributed by atoms with Crippen LogP contribution in [0, 0.1) is 0 Å². The minimum absolute atomic E-state index is 0.221. The molecule has 1 aromatic heterocycles. The number of hydrogen-bond acceptors (Lipinski definition) is 4. The van der Waals surface area contributed by atoms with Crippen LogP contribution >= 0.6 is 11.3 Å². The van der Waals surface area contributed by atoms with Gasteiger partial charge in [0.25, 0.3) is 0 Å². The number of likely N-dealkylation sites (tertiary alicyclic amines) is 1. The van der Waals surface area contributed by atoms with Crippen molar-refractivity contribution < 1.29 is 4.79 Å². The highest BCUT2D eigenvalue weighted by atomic mass is 32.1. The Kier molecular flexibility index (Phi) is 3.53. The van der Waals surface area contributed by atoms with Crippen LogP contribution in [0.4, 0.5) is 5.13 Å². The SMILES string of the molecule is CC(=O)N1CCC[C@@H]1[C@@H]1CCCN1c1nc2ccccc2s1. The van der Waals surface area contributed by atoms with E-state index in [9.17, 15) is 4.79 Å². The summed E-state index contributed by atoms with van der Waals surface area (Å²) in [4.78, 5) is 21.3. The molecule has 2 atom stereocenters. The summed E-state index contributed by atoms with van der Waals surface area (Å²) >= 11 is 1.78. The van der Waals surface area contributed by atoms with Crippen LogP contribution in [0.5, 0.6) is 0 Å². The van der Waals surface area contributed by atoms with Crippen LogP contribution in [0.3, 0.4) is 0 Å². The van der Waals surface area contributed by atoms with Gasteiger partial charge in [0.15, 0.2) is 5.13 Å². The van der Waals surface area contributed by atoms with Gasteiger partial charge >= 0.3 is 0 Å². The van der Waals surface area contributed by atoms with Crippen LogP contribution in [0.1, 0.15) is 32.6 Å². The summed E-state index contributed by atoms with van der Waals surface area (Å²) in [6.45, 7) is 3.69. The molecule has 2 aromatic rings. The fourth-order valence-corrected chi connectivity index (χ4v) is 5.05. The minimum atomic E-state index is 0.221. The van der Waals surface area contributed by atoms with Gasteiger partial charge in [-0.3, -0.25) is 4.79 Å². The largest absolute Gasteiger partial charge is 0.343 e. The molecule has 0 saturated carbocycles. The summed E-state index contributed by atoms with van der Waals surface area (Å²) in [5, 5.41) is 1.12. The fourth-order valence-electron chi connectivity index (χ4n) is 4.00. The maximum absolute atomic E-state index is 11.9.